The second-order valence-electron chi connectivity index (χ2n) is 9.64. The van der Waals surface area contributed by atoms with Gasteiger partial charge in [-0.15, -0.1) is 0 Å². The Morgan fingerprint density at radius 2 is 1.00 bits per heavy atom. The lowest BCUT2D eigenvalue weighted by Crippen LogP contribution is -2.15. The van der Waals surface area contributed by atoms with Crippen molar-refractivity contribution in [1.82, 2.24) is 0 Å². The quantitative estimate of drug-likeness (QED) is 0.0415. The van der Waals surface area contributed by atoms with E-state index >= 15 is 0 Å². The molecule has 0 amide bonds. The molecule has 0 fully saturated rings. The molecule has 1 rings (SSSR count). The molecule has 0 bridgehead atoms. The van der Waals surface area contributed by atoms with E-state index in [0.29, 0.717) is 19.3 Å². The number of carbonyl (C=O) groups is 2. The van der Waals surface area contributed by atoms with E-state index in [4.69, 9.17) is 4.74 Å². The third-order valence-electron chi connectivity index (χ3n) is 5.45. The van der Waals surface area contributed by atoms with E-state index in [-0.39, 0.29) is 12.0 Å². The largest absolute Gasteiger partial charge is 0.420 e. The Morgan fingerprint density at radius 1 is 0.667 bits per heavy atom. The van der Waals surface area contributed by atoms with Gasteiger partial charge in [-0.2, -0.15) is 8.78 Å². The lowest BCUT2D eigenvalue weighted by atomic mass is 10.0. The minimum Gasteiger partial charge on any atom is -0.420 e. The number of aldehydes is 1. The summed E-state index contributed by atoms with van der Waals surface area (Å²) in [6.45, 7) is 6.06. The van der Waals surface area contributed by atoms with Gasteiger partial charge in [0.2, 0.25) is 34.8 Å². The lowest BCUT2D eigenvalue weighted by Gasteiger charge is -2.14. The van der Waals surface area contributed by atoms with Gasteiger partial charge in [0.25, 0.3) is 0 Å². The number of rotatable bonds is 16. The van der Waals surface area contributed by atoms with Gasteiger partial charge in [-0.1, -0.05) is 64.2 Å². The van der Waals surface area contributed by atoms with Crippen LogP contribution in [0, 0.1) is 29.1 Å². The van der Waals surface area contributed by atoms with Crippen molar-refractivity contribution in [3.05, 3.63) is 29.1 Å². The van der Waals surface area contributed by atoms with Crippen LogP contribution in [0.15, 0.2) is 0 Å². The molecule has 36 heavy (non-hydrogen) atoms. The summed E-state index contributed by atoms with van der Waals surface area (Å²) in [6.07, 6.45) is 13.5. The molecule has 0 aromatic heterocycles. The van der Waals surface area contributed by atoms with Crippen LogP contribution in [0.25, 0.3) is 0 Å². The summed E-state index contributed by atoms with van der Waals surface area (Å²) in [5.41, 5.74) is 0.0417. The average Bonchev–Trinajstić information content (AvgIpc) is 2.84. The number of carbonyl (C=O) groups excluding carboxylic acids is 2. The molecule has 0 atom stereocenters. The zero-order valence-corrected chi connectivity index (χ0v) is 22.0. The van der Waals surface area contributed by atoms with Crippen molar-refractivity contribution in [3.8, 4) is 5.75 Å². The molecular formula is C27H41F5O4. The van der Waals surface area contributed by atoms with Crippen molar-refractivity contribution in [2.75, 3.05) is 7.11 Å². The molecule has 0 N–H and O–H groups in total. The second-order valence-corrected chi connectivity index (χ2v) is 9.64. The Labute approximate surface area is 211 Å². The molecule has 0 aliphatic heterocycles. The fraction of sp³-hybridized carbons (Fsp3) is 0.704. The van der Waals surface area contributed by atoms with Crippen LogP contribution in [0.4, 0.5) is 22.0 Å². The van der Waals surface area contributed by atoms with Gasteiger partial charge in [0.15, 0.2) is 0 Å². The third kappa shape index (κ3) is 15.2. The Morgan fingerprint density at radius 3 is 1.36 bits per heavy atom. The third-order valence-corrected chi connectivity index (χ3v) is 5.45. The molecule has 208 valence electrons. The summed E-state index contributed by atoms with van der Waals surface area (Å²) in [5.74, 6) is -13.5. The number of ether oxygens (including phenoxy) is 2. The highest BCUT2D eigenvalue weighted by atomic mass is 19.2. The van der Waals surface area contributed by atoms with Crippen molar-refractivity contribution < 1.29 is 41.0 Å². The van der Waals surface area contributed by atoms with Crippen molar-refractivity contribution in [2.24, 2.45) is 0 Å². The van der Waals surface area contributed by atoms with Crippen LogP contribution < -0.4 is 4.74 Å². The number of hydrogen-bond acceptors (Lipinski definition) is 4. The number of unbranched alkanes of at least 4 members (excludes halogenated alkanes) is 12. The summed E-state index contributed by atoms with van der Waals surface area (Å²) in [6, 6.07) is 0. The van der Waals surface area contributed by atoms with Gasteiger partial charge in [0.05, 0.1) is 5.60 Å². The zero-order valence-electron chi connectivity index (χ0n) is 22.0. The maximum absolute atomic E-state index is 13.5. The Bertz CT molecular complexity index is 749. The van der Waals surface area contributed by atoms with Crippen LogP contribution in [-0.2, 0) is 14.3 Å². The highest BCUT2D eigenvalue weighted by Gasteiger charge is 2.28. The van der Waals surface area contributed by atoms with Gasteiger partial charge in [-0.3, -0.25) is 4.79 Å². The first kappa shape index (κ1) is 34.0. The molecule has 0 aliphatic carbocycles. The number of hydrogen-bond donors (Lipinski definition) is 0. The summed E-state index contributed by atoms with van der Waals surface area (Å²) >= 11 is 0. The molecule has 0 heterocycles. The summed E-state index contributed by atoms with van der Waals surface area (Å²) in [5, 5.41) is 0. The van der Waals surface area contributed by atoms with Gasteiger partial charge < -0.3 is 14.3 Å². The Hall–Kier alpha value is -2.03. The van der Waals surface area contributed by atoms with Crippen LogP contribution in [0.2, 0.25) is 0 Å². The van der Waals surface area contributed by atoms with E-state index in [1.807, 2.05) is 20.8 Å². The first-order chi connectivity index (χ1) is 17.0. The van der Waals surface area contributed by atoms with Crippen LogP contribution in [0.1, 0.15) is 111 Å². The smallest absolute Gasteiger partial charge is 0.311 e. The highest BCUT2D eigenvalue weighted by Crippen LogP contribution is 2.29. The second kappa shape index (κ2) is 19.1. The lowest BCUT2D eigenvalue weighted by molar-refractivity contribution is -0.135. The molecule has 0 radical (unpaired) electrons. The molecule has 4 nitrogen and oxygen atoms in total. The normalized spacial score (nSPS) is 11.1. The minimum atomic E-state index is -2.29. The maximum Gasteiger partial charge on any atom is 0.311 e. The van der Waals surface area contributed by atoms with Crippen molar-refractivity contribution >= 4 is 12.3 Å². The number of halogens is 5. The molecule has 1 aromatic rings. The van der Waals surface area contributed by atoms with Gasteiger partial charge in [-0.05, 0) is 33.6 Å². The standard InChI is InChI=1S/C22H29F5O3.C5H12O/c23-17-18(24)20(26)22(21(27)19(17)25)30-16(29)14-12-10-8-6-4-2-1-3-5-7-9-11-13-15-28;1-5(2,3)6-4/h15H,1-14H2;1-4H3. The van der Waals surface area contributed by atoms with E-state index in [1.54, 1.807) is 7.11 Å². The minimum absolute atomic E-state index is 0.0417. The first-order valence-electron chi connectivity index (χ1n) is 12.7. The fourth-order valence-electron chi connectivity index (χ4n) is 3.10. The van der Waals surface area contributed by atoms with Gasteiger partial charge in [-0.25, -0.2) is 13.2 Å². The molecule has 1 aromatic carbocycles. The van der Waals surface area contributed by atoms with Gasteiger partial charge in [0, 0.05) is 20.0 Å². The number of methoxy groups -OCH3 is 1. The van der Waals surface area contributed by atoms with Crippen molar-refractivity contribution in [2.45, 2.75) is 116 Å². The molecule has 0 aliphatic rings. The van der Waals surface area contributed by atoms with Crippen LogP contribution >= 0.6 is 0 Å². The van der Waals surface area contributed by atoms with Gasteiger partial charge in [0.1, 0.15) is 6.29 Å². The van der Waals surface area contributed by atoms with Crippen LogP contribution in [0.5, 0.6) is 5.75 Å². The predicted octanol–water partition coefficient (Wildman–Crippen LogP) is 8.38. The number of esters is 1. The topological polar surface area (TPSA) is 52.6 Å². The van der Waals surface area contributed by atoms with E-state index in [2.05, 4.69) is 4.74 Å². The van der Waals surface area contributed by atoms with Gasteiger partial charge >= 0.3 is 5.97 Å². The Balaban J connectivity index is 0.00000181. The zero-order chi connectivity index (χ0) is 27.6. The predicted molar refractivity (Wildman–Crippen MR) is 129 cm³/mol. The monoisotopic (exact) mass is 524 g/mol. The molecule has 0 saturated heterocycles. The van der Waals surface area contributed by atoms with E-state index < -0.39 is 40.8 Å². The van der Waals surface area contributed by atoms with Crippen LogP contribution in [0.3, 0.4) is 0 Å². The average molecular weight is 525 g/mol. The summed E-state index contributed by atoms with van der Waals surface area (Å²) in [7, 11) is 1.71. The van der Waals surface area contributed by atoms with E-state index in [1.165, 1.54) is 19.3 Å². The fourth-order valence-corrected chi connectivity index (χ4v) is 3.10. The van der Waals surface area contributed by atoms with Crippen LogP contribution in [-0.4, -0.2) is 25.0 Å². The van der Waals surface area contributed by atoms with E-state index in [0.717, 1.165) is 51.2 Å². The molecule has 0 unspecified atom stereocenters. The van der Waals surface area contributed by atoms with Crippen molar-refractivity contribution in [3.63, 3.8) is 0 Å². The molecule has 0 saturated carbocycles. The molecular weight excluding hydrogens is 483 g/mol. The highest BCUT2D eigenvalue weighted by molar-refractivity contribution is 5.72. The summed E-state index contributed by atoms with van der Waals surface area (Å²) < 4.78 is 75.3. The Kier molecular flexibility index (Phi) is 18.1. The number of benzene rings is 1. The van der Waals surface area contributed by atoms with Crippen molar-refractivity contribution in [1.29, 1.82) is 0 Å². The first-order valence-corrected chi connectivity index (χ1v) is 12.7. The summed E-state index contributed by atoms with van der Waals surface area (Å²) in [4.78, 5) is 21.8. The SMILES string of the molecule is COC(C)(C)C.O=CCCCCCCCCCCCCCCC(=O)Oc1c(F)c(F)c(F)c(F)c1F. The van der Waals surface area contributed by atoms with E-state index in [9.17, 15) is 31.5 Å². The maximum atomic E-state index is 13.5. The molecule has 0 spiro atoms. The molecule has 9 heteroatoms.